The maximum absolute atomic E-state index is 12.1. The van der Waals surface area contributed by atoms with Crippen molar-refractivity contribution in [3.63, 3.8) is 0 Å². The van der Waals surface area contributed by atoms with Crippen molar-refractivity contribution in [3.8, 4) is 0 Å². The Balaban J connectivity index is 1.83. The maximum atomic E-state index is 12.1. The molecule has 0 bridgehead atoms. The van der Waals surface area contributed by atoms with E-state index in [-0.39, 0.29) is 12.5 Å². The third kappa shape index (κ3) is 4.83. The fourth-order valence-corrected chi connectivity index (χ4v) is 2.71. The molecule has 116 valence electrons. The van der Waals surface area contributed by atoms with Crippen LogP contribution in [0, 0.1) is 5.92 Å². The average molecular weight is 290 g/mol. The predicted octanol–water partition coefficient (Wildman–Crippen LogP) is 2.45. The van der Waals surface area contributed by atoms with Gasteiger partial charge >= 0.3 is 0 Å². The lowest BCUT2D eigenvalue weighted by Gasteiger charge is -2.30. The number of nitrogens with one attached hydrogen (secondary N) is 1. The number of amides is 1. The van der Waals surface area contributed by atoms with Gasteiger partial charge in [-0.3, -0.25) is 9.69 Å². The number of carbonyl (C=O) groups is 1. The van der Waals surface area contributed by atoms with E-state index < -0.39 is 0 Å². The number of benzene rings is 1. The van der Waals surface area contributed by atoms with E-state index in [0.29, 0.717) is 18.4 Å². The number of anilines is 1. The highest BCUT2D eigenvalue weighted by Crippen LogP contribution is 2.19. The minimum atomic E-state index is 0.0401. The maximum Gasteiger partial charge on any atom is 0.238 e. The quantitative estimate of drug-likeness (QED) is 0.876. The molecule has 0 aliphatic carbocycles. The summed E-state index contributed by atoms with van der Waals surface area (Å²) >= 11 is 0. The topological polar surface area (TPSA) is 52.6 Å². The summed E-state index contributed by atoms with van der Waals surface area (Å²) in [6, 6.07) is 8.04. The number of piperidine rings is 1. The number of hydrogen-bond acceptors (Lipinski definition) is 3. The minimum Gasteiger partial charge on any atom is -0.396 e. The Morgan fingerprint density at radius 1 is 1.38 bits per heavy atom. The van der Waals surface area contributed by atoms with Crippen molar-refractivity contribution in [1.82, 2.24) is 4.90 Å². The zero-order valence-corrected chi connectivity index (χ0v) is 13.0. The van der Waals surface area contributed by atoms with Crippen LogP contribution in [0.5, 0.6) is 0 Å². The summed E-state index contributed by atoms with van der Waals surface area (Å²) in [5.74, 6) is 0.907. The highest BCUT2D eigenvalue weighted by molar-refractivity contribution is 5.92. The van der Waals surface area contributed by atoms with Gasteiger partial charge in [0.25, 0.3) is 0 Å². The summed E-state index contributed by atoms with van der Waals surface area (Å²) in [5.41, 5.74) is 2.10. The largest absolute Gasteiger partial charge is 0.396 e. The van der Waals surface area contributed by atoms with Gasteiger partial charge in [-0.2, -0.15) is 0 Å². The molecule has 1 aliphatic rings. The molecule has 0 radical (unpaired) electrons. The van der Waals surface area contributed by atoms with Gasteiger partial charge in [0.1, 0.15) is 0 Å². The Morgan fingerprint density at radius 3 is 2.71 bits per heavy atom. The van der Waals surface area contributed by atoms with E-state index in [9.17, 15) is 4.79 Å². The van der Waals surface area contributed by atoms with Gasteiger partial charge < -0.3 is 10.4 Å². The lowest BCUT2D eigenvalue weighted by atomic mass is 9.98. The first-order chi connectivity index (χ1) is 10.1. The van der Waals surface area contributed by atoms with Crippen LogP contribution in [0.1, 0.15) is 38.2 Å². The van der Waals surface area contributed by atoms with Crippen LogP contribution in [0.2, 0.25) is 0 Å². The summed E-state index contributed by atoms with van der Waals surface area (Å²) in [5, 5.41) is 12.1. The van der Waals surface area contributed by atoms with Crippen LogP contribution < -0.4 is 5.32 Å². The molecule has 0 spiro atoms. The lowest BCUT2D eigenvalue weighted by molar-refractivity contribution is -0.117. The second kappa shape index (κ2) is 7.57. The predicted molar refractivity (Wildman–Crippen MR) is 85.4 cm³/mol. The van der Waals surface area contributed by atoms with Crippen LogP contribution in [-0.4, -0.2) is 42.2 Å². The van der Waals surface area contributed by atoms with Crippen LogP contribution in [0.15, 0.2) is 24.3 Å². The van der Waals surface area contributed by atoms with Crippen molar-refractivity contribution in [1.29, 1.82) is 0 Å². The van der Waals surface area contributed by atoms with E-state index in [1.54, 1.807) is 0 Å². The molecule has 4 nitrogen and oxygen atoms in total. The van der Waals surface area contributed by atoms with Gasteiger partial charge in [0.2, 0.25) is 5.91 Å². The van der Waals surface area contributed by atoms with E-state index >= 15 is 0 Å². The first kappa shape index (κ1) is 16.0. The highest BCUT2D eigenvalue weighted by Gasteiger charge is 2.20. The summed E-state index contributed by atoms with van der Waals surface area (Å²) < 4.78 is 0. The monoisotopic (exact) mass is 290 g/mol. The van der Waals surface area contributed by atoms with Crippen LogP contribution in [-0.2, 0) is 4.79 Å². The summed E-state index contributed by atoms with van der Waals surface area (Å²) in [6.45, 7) is 6.78. The van der Waals surface area contributed by atoms with E-state index in [4.69, 9.17) is 5.11 Å². The Labute approximate surface area is 127 Å². The summed E-state index contributed by atoms with van der Waals surface area (Å²) in [4.78, 5) is 14.3. The van der Waals surface area contributed by atoms with Crippen molar-refractivity contribution in [2.24, 2.45) is 5.92 Å². The molecule has 1 fully saturated rings. The molecule has 0 atom stereocenters. The normalized spacial score (nSPS) is 17.1. The van der Waals surface area contributed by atoms with E-state index in [1.807, 2.05) is 18.2 Å². The standard InChI is InChI=1S/C17H26N2O2/c1-13(2)15-4-3-5-16(10-15)18-17(21)11-19-8-6-14(12-20)7-9-19/h3-5,10,13-14,20H,6-9,11-12H2,1-2H3,(H,18,21). The molecule has 0 unspecified atom stereocenters. The zero-order valence-electron chi connectivity index (χ0n) is 13.0. The van der Waals surface area contributed by atoms with Crippen LogP contribution in [0.4, 0.5) is 5.69 Å². The Bertz CT molecular complexity index is 466. The van der Waals surface area contributed by atoms with Gasteiger partial charge in [-0.1, -0.05) is 26.0 Å². The fourth-order valence-electron chi connectivity index (χ4n) is 2.71. The van der Waals surface area contributed by atoms with E-state index in [0.717, 1.165) is 31.6 Å². The number of aliphatic hydroxyl groups excluding tert-OH is 1. The molecule has 21 heavy (non-hydrogen) atoms. The molecule has 1 heterocycles. The number of hydrogen-bond donors (Lipinski definition) is 2. The molecule has 1 aliphatic heterocycles. The molecule has 1 amide bonds. The number of aliphatic hydroxyl groups is 1. The molecule has 0 aromatic heterocycles. The van der Waals surface area contributed by atoms with Crippen molar-refractivity contribution < 1.29 is 9.90 Å². The Kier molecular flexibility index (Phi) is 5.76. The van der Waals surface area contributed by atoms with Crippen LogP contribution >= 0.6 is 0 Å². The SMILES string of the molecule is CC(C)c1cccc(NC(=O)CN2CCC(CO)CC2)c1. The third-order valence-corrected chi connectivity index (χ3v) is 4.17. The first-order valence-corrected chi connectivity index (χ1v) is 7.81. The number of carbonyl (C=O) groups excluding carboxylic acids is 1. The summed E-state index contributed by atoms with van der Waals surface area (Å²) in [6.07, 6.45) is 1.96. The van der Waals surface area contributed by atoms with Gasteiger partial charge in [-0.25, -0.2) is 0 Å². The fraction of sp³-hybridized carbons (Fsp3) is 0.588. The van der Waals surface area contributed by atoms with Gasteiger partial charge in [-0.15, -0.1) is 0 Å². The van der Waals surface area contributed by atoms with Gasteiger partial charge in [0, 0.05) is 12.3 Å². The first-order valence-electron chi connectivity index (χ1n) is 7.81. The molecule has 1 aromatic rings. The van der Waals surface area contributed by atoms with Crippen LogP contribution in [0.25, 0.3) is 0 Å². The second-order valence-corrected chi connectivity index (χ2v) is 6.23. The average Bonchev–Trinajstić information content (AvgIpc) is 2.48. The van der Waals surface area contributed by atoms with E-state index in [2.05, 4.69) is 30.1 Å². The van der Waals surface area contributed by atoms with Gasteiger partial charge in [0.15, 0.2) is 0 Å². The van der Waals surface area contributed by atoms with Crippen LogP contribution in [0.3, 0.4) is 0 Å². The Hall–Kier alpha value is -1.39. The lowest BCUT2D eigenvalue weighted by Crippen LogP contribution is -2.39. The van der Waals surface area contributed by atoms with Crippen molar-refractivity contribution in [2.75, 3.05) is 31.6 Å². The van der Waals surface area contributed by atoms with Gasteiger partial charge in [-0.05, 0) is 55.5 Å². The minimum absolute atomic E-state index is 0.0401. The molecular formula is C17H26N2O2. The second-order valence-electron chi connectivity index (χ2n) is 6.23. The number of likely N-dealkylation sites (tertiary alicyclic amines) is 1. The van der Waals surface area contributed by atoms with Crippen molar-refractivity contribution in [3.05, 3.63) is 29.8 Å². The highest BCUT2D eigenvalue weighted by atomic mass is 16.3. The number of nitrogens with zero attached hydrogens (tertiary/aromatic N) is 1. The molecule has 0 saturated carbocycles. The van der Waals surface area contributed by atoms with Gasteiger partial charge in [0.05, 0.1) is 6.54 Å². The molecular weight excluding hydrogens is 264 g/mol. The molecule has 2 rings (SSSR count). The Morgan fingerprint density at radius 2 is 2.10 bits per heavy atom. The number of rotatable bonds is 5. The molecule has 4 heteroatoms. The van der Waals surface area contributed by atoms with Crippen molar-refractivity contribution >= 4 is 11.6 Å². The summed E-state index contributed by atoms with van der Waals surface area (Å²) in [7, 11) is 0. The third-order valence-electron chi connectivity index (χ3n) is 4.17. The molecule has 2 N–H and O–H groups in total. The van der Waals surface area contributed by atoms with E-state index in [1.165, 1.54) is 5.56 Å². The van der Waals surface area contributed by atoms with Crippen molar-refractivity contribution in [2.45, 2.75) is 32.6 Å². The smallest absolute Gasteiger partial charge is 0.238 e. The molecule has 1 aromatic carbocycles. The molecule has 1 saturated heterocycles. The zero-order chi connectivity index (χ0) is 15.2.